The Kier molecular flexibility index (Phi) is 4.54. The molecule has 1 aromatic rings. The number of ether oxygens (including phenoxy) is 1. The van der Waals surface area contributed by atoms with Gasteiger partial charge in [-0.3, -0.25) is 4.79 Å². The molecule has 0 unspecified atom stereocenters. The maximum Gasteiger partial charge on any atom is 0.397 e. The van der Waals surface area contributed by atoms with Crippen LogP contribution in [0.15, 0.2) is 24.3 Å². The lowest BCUT2D eigenvalue weighted by atomic mass is 10.2. The molecule has 1 rings (SSSR count). The lowest BCUT2D eigenvalue weighted by molar-refractivity contribution is -0.150. The van der Waals surface area contributed by atoms with Gasteiger partial charge in [0.05, 0.1) is 5.69 Å². The predicted molar refractivity (Wildman–Crippen MR) is 56.9 cm³/mol. The molecule has 0 radical (unpaired) electrons. The first-order valence-corrected chi connectivity index (χ1v) is 4.88. The van der Waals surface area contributed by atoms with Crippen LogP contribution in [-0.4, -0.2) is 18.7 Å². The summed E-state index contributed by atoms with van der Waals surface area (Å²) in [4.78, 5) is 11.1. The molecule has 18 heavy (non-hydrogen) atoms. The molecule has 0 aliphatic rings. The average molecular weight is 258 g/mol. The van der Waals surface area contributed by atoms with Gasteiger partial charge in [-0.15, -0.1) is 0 Å². The van der Waals surface area contributed by atoms with E-state index in [2.05, 4.69) is 5.32 Å². The Morgan fingerprint density at radius 3 is 2.67 bits per heavy atom. The van der Waals surface area contributed by atoms with E-state index in [4.69, 9.17) is 10.00 Å². The zero-order valence-corrected chi connectivity index (χ0v) is 9.12. The highest BCUT2D eigenvalue weighted by molar-refractivity contribution is 5.92. The van der Waals surface area contributed by atoms with Gasteiger partial charge in [0.25, 0.3) is 0 Å². The molecule has 0 aromatic heterocycles. The van der Waals surface area contributed by atoms with E-state index in [1.165, 1.54) is 18.2 Å². The summed E-state index contributed by atoms with van der Waals surface area (Å²) in [6.07, 6.45) is -6.13. The minimum atomic E-state index is -4.56. The predicted octanol–water partition coefficient (Wildman–Crippen LogP) is 2.48. The molecule has 0 aliphatic carbocycles. The number of carbonyl (C=O) groups is 1. The van der Waals surface area contributed by atoms with E-state index >= 15 is 0 Å². The van der Waals surface area contributed by atoms with E-state index in [1.807, 2.05) is 0 Å². The highest BCUT2D eigenvalue weighted by Gasteiger charge is 2.31. The molecule has 4 nitrogen and oxygen atoms in total. The summed E-state index contributed by atoms with van der Waals surface area (Å²) < 4.78 is 40.9. The first-order valence-electron chi connectivity index (χ1n) is 4.88. The quantitative estimate of drug-likeness (QED) is 0.902. The van der Waals surface area contributed by atoms with Gasteiger partial charge in [0.15, 0.2) is 6.61 Å². The summed E-state index contributed by atoms with van der Waals surface area (Å²) in [5, 5.41) is 10.4. The van der Waals surface area contributed by atoms with Gasteiger partial charge in [-0.25, -0.2) is 0 Å². The van der Waals surface area contributed by atoms with Crippen molar-refractivity contribution in [3.63, 3.8) is 0 Å². The van der Waals surface area contributed by atoms with Crippen LogP contribution < -0.4 is 10.1 Å². The number of nitrogens with zero attached hydrogens (tertiary/aromatic N) is 1. The Hall–Kier alpha value is -2.23. The summed E-state index contributed by atoms with van der Waals surface area (Å²) in [7, 11) is 0. The number of para-hydroxylation sites is 2. The number of nitriles is 1. The highest BCUT2D eigenvalue weighted by atomic mass is 19.4. The number of amides is 1. The molecule has 0 bridgehead atoms. The van der Waals surface area contributed by atoms with Crippen molar-refractivity contribution in [3.05, 3.63) is 24.3 Å². The fourth-order valence-electron chi connectivity index (χ4n) is 1.18. The number of rotatable bonds is 4. The zero-order valence-electron chi connectivity index (χ0n) is 9.12. The summed E-state index contributed by atoms with van der Waals surface area (Å²) in [6, 6.07) is 7.66. The van der Waals surface area contributed by atoms with Crippen LogP contribution in [-0.2, 0) is 4.79 Å². The van der Waals surface area contributed by atoms with Crippen LogP contribution >= 0.6 is 0 Å². The standard InChI is InChI=1S/C11H9F3N2O2/c12-11(13,14)7-10(17)16-8-3-1-2-4-9(8)18-6-5-15/h1-4H,6-7H2,(H,16,17). The SMILES string of the molecule is N#CCOc1ccccc1NC(=O)CC(F)(F)F. The molecule has 0 spiro atoms. The number of anilines is 1. The lowest BCUT2D eigenvalue weighted by Gasteiger charge is -2.11. The number of carbonyl (C=O) groups excluding carboxylic acids is 1. The molecule has 0 heterocycles. The molecule has 1 aromatic carbocycles. The third-order valence-electron chi connectivity index (χ3n) is 1.81. The number of hydrogen-bond acceptors (Lipinski definition) is 3. The smallest absolute Gasteiger partial charge is 0.397 e. The second kappa shape index (κ2) is 5.91. The number of hydrogen-bond donors (Lipinski definition) is 1. The van der Waals surface area contributed by atoms with Crippen molar-refractivity contribution in [2.75, 3.05) is 11.9 Å². The maximum absolute atomic E-state index is 12.0. The van der Waals surface area contributed by atoms with Gasteiger partial charge in [-0.05, 0) is 12.1 Å². The van der Waals surface area contributed by atoms with Crippen LogP contribution in [0.4, 0.5) is 18.9 Å². The third-order valence-corrected chi connectivity index (χ3v) is 1.81. The van der Waals surface area contributed by atoms with Gasteiger partial charge in [-0.1, -0.05) is 12.1 Å². The van der Waals surface area contributed by atoms with Gasteiger partial charge in [0.1, 0.15) is 18.2 Å². The molecule has 96 valence electrons. The van der Waals surface area contributed by atoms with Gasteiger partial charge >= 0.3 is 6.18 Å². The van der Waals surface area contributed by atoms with Crippen LogP contribution in [0.25, 0.3) is 0 Å². The topological polar surface area (TPSA) is 62.1 Å². The largest absolute Gasteiger partial charge is 0.477 e. The second-order valence-corrected chi connectivity index (χ2v) is 3.28. The number of benzene rings is 1. The van der Waals surface area contributed by atoms with Crippen LogP contribution in [0.2, 0.25) is 0 Å². The minimum Gasteiger partial charge on any atom is -0.477 e. The van der Waals surface area contributed by atoms with E-state index in [-0.39, 0.29) is 18.0 Å². The van der Waals surface area contributed by atoms with Crippen molar-refractivity contribution in [2.24, 2.45) is 0 Å². The van der Waals surface area contributed by atoms with E-state index < -0.39 is 18.5 Å². The van der Waals surface area contributed by atoms with Gasteiger partial charge in [0.2, 0.25) is 5.91 Å². The molecule has 0 fully saturated rings. The molecule has 1 N–H and O–H groups in total. The van der Waals surface area contributed by atoms with Gasteiger partial charge in [-0.2, -0.15) is 18.4 Å². The first-order chi connectivity index (χ1) is 8.42. The van der Waals surface area contributed by atoms with Crippen molar-refractivity contribution >= 4 is 11.6 Å². The van der Waals surface area contributed by atoms with Gasteiger partial charge in [0, 0.05) is 0 Å². The Morgan fingerprint density at radius 1 is 1.39 bits per heavy atom. The van der Waals surface area contributed by atoms with Crippen molar-refractivity contribution in [2.45, 2.75) is 12.6 Å². The molecule has 7 heteroatoms. The van der Waals surface area contributed by atoms with Gasteiger partial charge < -0.3 is 10.1 Å². The highest BCUT2D eigenvalue weighted by Crippen LogP contribution is 2.25. The van der Waals surface area contributed by atoms with E-state index in [0.717, 1.165) is 0 Å². The molecule has 0 atom stereocenters. The summed E-state index contributed by atoms with van der Waals surface area (Å²) in [5.41, 5.74) is 0.0991. The molecule has 0 saturated heterocycles. The fraction of sp³-hybridized carbons (Fsp3) is 0.273. The fourth-order valence-corrected chi connectivity index (χ4v) is 1.18. The Balaban J connectivity index is 2.72. The molecule has 1 amide bonds. The van der Waals surface area contributed by atoms with Crippen molar-refractivity contribution in [1.29, 1.82) is 5.26 Å². The average Bonchev–Trinajstić information content (AvgIpc) is 2.25. The monoisotopic (exact) mass is 258 g/mol. The Morgan fingerprint density at radius 2 is 2.06 bits per heavy atom. The van der Waals surface area contributed by atoms with E-state index in [0.29, 0.717) is 0 Å². The van der Waals surface area contributed by atoms with Crippen LogP contribution in [0.1, 0.15) is 6.42 Å². The molecule has 0 saturated carbocycles. The Labute approximate surface area is 101 Å². The first kappa shape index (κ1) is 13.8. The van der Waals surface area contributed by atoms with Crippen molar-refractivity contribution in [1.82, 2.24) is 0 Å². The Bertz CT molecular complexity index is 466. The van der Waals surface area contributed by atoms with E-state index in [1.54, 1.807) is 12.1 Å². The zero-order chi connectivity index (χ0) is 13.6. The lowest BCUT2D eigenvalue weighted by Crippen LogP contribution is -2.21. The molecule has 0 aliphatic heterocycles. The van der Waals surface area contributed by atoms with Crippen LogP contribution in [0, 0.1) is 11.3 Å². The van der Waals surface area contributed by atoms with Crippen LogP contribution in [0.3, 0.4) is 0 Å². The third kappa shape index (κ3) is 4.74. The number of nitrogens with one attached hydrogen (secondary N) is 1. The normalized spacial score (nSPS) is 10.6. The minimum absolute atomic E-state index is 0.0991. The summed E-state index contributed by atoms with van der Waals surface area (Å²) in [5.74, 6) is -1.04. The van der Waals surface area contributed by atoms with Crippen LogP contribution in [0.5, 0.6) is 5.75 Å². The van der Waals surface area contributed by atoms with E-state index in [9.17, 15) is 18.0 Å². The molecular formula is C11H9F3N2O2. The number of halogens is 3. The van der Waals surface area contributed by atoms with Crippen molar-refractivity contribution < 1.29 is 22.7 Å². The molecular weight excluding hydrogens is 249 g/mol. The summed E-state index contributed by atoms with van der Waals surface area (Å²) in [6.45, 7) is -0.258. The maximum atomic E-state index is 12.0. The number of alkyl halides is 3. The second-order valence-electron chi connectivity index (χ2n) is 3.28. The van der Waals surface area contributed by atoms with Crippen molar-refractivity contribution in [3.8, 4) is 11.8 Å². The summed E-state index contributed by atoms with van der Waals surface area (Å²) >= 11 is 0.